The Kier molecular flexibility index (Phi) is 6.04. The summed E-state index contributed by atoms with van der Waals surface area (Å²) in [4.78, 5) is 24.2. The lowest BCUT2D eigenvalue weighted by Crippen LogP contribution is -2.44. The number of Topliss-reactive ketones (excluding diaryl/α,β-unsaturated/α-hetero) is 1. The third-order valence-electron chi connectivity index (χ3n) is 5.17. The number of hydrogen-bond acceptors (Lipinski definition) is 8. The van der Waals surface area contributed by atoms with Gasteiger partial charge in [-0.25, -0.2) is 18.4 Å². The van der Waals surface area contributed by atoms with Crippen molar-refractivity contribution in [2.24, 2.45) is 5.14 Å². The summed E-state index contributed by atoms with van der Waals surface area (Å²) >= 11 is 0. The van der Waals surface area contributed by atoms with Gasteiger partial charge in [0, 0.05) is 6.07 Å². The van der Waals surface area contributed by atoms with Gasteiger partial charge in [0.25, 0.3) is 0 Å². The summed E-state index contributed by atoms with van der Waals surface area (Å²) in [5, 5.41) is 5.45. The molecule has 1 fully saturated rings. The van der Waals surface area contributed by atoms with E-state index in [1.165, 1.54) is 13.2 Å². The molecule has 0 atom stereocenters. The number of nitrogens with two attached hydrogens (primary N) is 1. The molecule has 29 heavy (non-hydrogen) atoms. The van der Waals surface area contributed by atoms with E-state index in [2.05, 4.69) is 0 Å². The van der Waals surface area contributed by atoms with Gasteiger partial charge >= 0.3 is 5.97 Å². The van der Waals surface area contributed by atoms with E-state index < -0.39 is 33.1 Å². The number of ketones is 1. The van der Waals surface area contributed by atoms with Gasteiger partial charge in [0.1, 0.15) is 22.7 Å². The first-order valence-electron chi connectivity index (χ1n) is 9.49. The molecule has 160 valence electrons. The Morgan fingerprint density at radius 1 is 1.24 bits per heavy atom. The molecule has 0 unspecified atom stereocenters. The molecule has 2 aliphatic rings. The Hall–Kier alpha value is -2.33. The standard InChI is InChI=1S/C19H25NO8S/c1-3-26-15(22)11-27-14-9-13(25-2)16-12(21)10-19(7-5-4-6-8-19)28-17(16)18(14)29(20,23)24/h9H,3-8,10-11H2,1-2H3,(H2,20,23,24). The summed E-state index contributed by atoms with van der Waals surface area (Å²) in [6, 6.07) is 1.23. The number of esters is 1. The lowest BCUT2D eigenvalue weighted by molar-refractivity contribution is -0.145. The first kappa shape index (κ1) is 21.4. The predicted octanol–water partition coefficient (Wildman–Crippen LogP) is 1.95. The molecule has 0 amide bonds. The van der Waals surface area contributed by atoms with Crippen LogP contribution in [0.4, 0.5) is 0 Å². The lowest BCUT2D eigenvalue weighted by atomic mass is 9.78. The zero-order valence-electron chi connectivity index (χ0n) is 16.5. The molecule has 3 rings (SSSR count). The average molecular weight is 427 g/mol. The fourth-order valence-corrected chi connectivity index (χ4v) is 4.74. The van der Waals surface area contributed by atoms with Crippen molar-refractivity contribution in [1.29, 1.82) is 0 Å². The molecule has 0 aromatic heterocycles. The van der Waals surface area contributed by atoms with Crippen molar-refractivity contribution >= 4 is 21.8 Å². The topological polar surface area (TPSA) is 131 Å². The maximum atomic E-state index is 13.0. The van der Waals surface area contributed by atoms with E-state index in [0.717, 1.165) is 19.3 Å². The predicted molar refractivity (Wildman–Crippen MR) is 102 cm³/mol. The van der Waals surface area contributed by atoms with Gasteiger partial charge < -0.3 is 18.9 Å². The molecule has 0 saturated heterocycles. The molecule has 1 heterocycles. The van der Waals surface area contributed by atoms with Crippen LogP contribution in [0.25, 0.3) is 0 Å². The fraction of sp³-hybridized carbons (Fsp3) is 0.579. The van der Waals surface area contributed by atoms with Gasteiger partial charge in [0.05, 0.1) is 20.1 Å². The highest BCUT2D eigenvalue weighted by atomic mass is 32.2. The highest BCUT2D eigenvalue weighted by Gasteiger charge is 2.45. The minimum Gasteiger partial charge on any atom is -0.496 e. The molecule has 1 aromatic carbocycles. The van der Waals surface area contributed by atoms with Crippen LogP contribution in [-0.4, -0.2) is 46.1 Å². The zero-order valence-corrected chi connectivity index (χ0v) is 17.3. The van der Waals surface area contributed by atoms with E-state index in [-0.39, 0.29) is 41.6 Å². The van der Waals surface area contributed by atoms with Crippen molar-refractivity contribution in [3.63, 3.8) is 0 Å². The number of methoxy groups -OCH3 is 1. The van der Waals surface area contributed by atoms with Crippen molar-refractivity contribution in [2.75, 3.05) is 20.3 Å². The van der Waals surface area contributed by atoms with Gasteiger partial charge in [-0.05, 0) is 32.6 Å². The van der Waals surface area contributed by atoms with Gasteiger partial charge in [-0.3, -0.25) is 4.79 Å². The van der Waals surface area contributed by atoms with E-state index in [4.69, 9.17) is 24.1 Å². The van der Waals surface area contributed by atoms with Crippen LogP contribution in [0.1, 0.15) is 55.8 Å². The largest absolute Gasteiger partial charge is 0.496 e. The summed E-state index contributed by atoms with van der Waals surface area (Å²) in [7, 11) is -3.00. The number of carbonyl (C=O) groups is 2. The van der Waals surface area contributed by atoms with E-state index in [1.807, 2.05) is 0 Å². The van der Waals surface area contributed by atoms with Crippen LogP contribution in [0.2, 0.25) is 0 Å². The summed E-state index contributed by atoms with van der Waals surface area (Å²) in [5.74, 6) is -1.24. The van der Waals surface area contributed by atoms with Gasteiger partial charge in [0.15, 0.2) is 23.0 Å². The molecular weight excluding hydrogens is 402 g/mol. The van der Waals surface area contributed by atoms with Crippen LogP contribution in [0, 0.1) is 0 Å². The SMILES string of the molecule is CCOC(=O)COc1cc(OC)c2c(c1S(N)(=O)=O)OC1(CCCCC1)CC2=O. The molecule has 9 nitrogen and oxygen atoms in total. The Bertz CT molecular complexity index is 919. The summed E-state index contributed by atoms with van der Waals surface area (Å²) < 4.78 is 46.5. The Morgan fingerprint density at radius 3 is 2.52 bits per heavy atom. The molecule has 1 aliphatic heterocycles. The first-order chi connectivity index (χ1) is 13.7. The van der Waals surface area contributed by atoms with Crippen molar-refractivity contribution in [1.82, 2.24) is 0 Å². The number of rotatable bonds is 6. The number of benzene rings is 1. The molecule has 0 bridgehead atoms. The van der Waals surface area contributed by atoms with Gasteiger partial charge in [-0.2, -0.15) is 0 Å². The highest BCUT2D eigenvalue weighted by molar-refractivity contribution is 7.89. The fourth-order valence-electron chi connectivity index (χ4n) is 3.94. The molecule has 1 saturated carbocycles. The summed E-state index contributed by atoms with van der Waals surface area (Å²) in [5.41, 5.74) is -0.747. The van der Waals surface area contributed by atoms with E-state index in [9.17, 15) is 18.0 Å². The van der Waals surface area contributed by atoms with Crippen LogP contribution < -0.4 is 19.3 Å². The molecule has 2 N–H and O–H groups in total. The minimum atomic E-state index is -4.35. The minimum absolute atomic E-state index is 0.0243. The van der Waals surface area contributed by atoms with Crippen molar-refractivity contribution in [3.05, 3.63) is 11.6 Å². The Morgan fingerprint density at radius 2 is 1.93 bits per heavy atom. The van der Waals surface area contributed by atoms with E-state index >= 15 is 0 Å². The number of fused-ring (bicyclic) bond motifs is 1. The number of sulfonamides is 1. The molecule has 1 aromatic rings. The van der Waals surface area contributed by atoms with Crippen molar-refractivity contribution in [2.45, 2.75) is 55.9 Å². The average Bonchev–Trinajstić information content (AvgIpc) is 2.65. The number of primary sulfonamides is 1. The van der Waals surface area contributed by atoms with Crippen molar-refractivity contribution < 1.29 is 37.0 Å². The number of carbonyl (C=O) groups excluding carboxylic acids is 2. The second-order valence-electron chi connectivity index (χ2n) is 7.19. The molecular formula is C19H25NO8S. The molecule has 1 aliphatic carbocycles. The Balaban J connectivity index is 2.13. The third-order valence-corrected chi connectivity index (χ3v) is 6.12. The lowest BCUT2D eigenvalue weighted by Gasteiger charge is -2.41. The maximum Gasteiger partial charge on any atom is 0.344 e. The second-order valence-corrected chi connectivity index (χ2v) is 8.69. The first-order valence-corrected chi connectivity index (χ1v) is 11.0. The normalized spacial score (nSPS) is 18.0. The molecule has 0 radical (unpaired) electrons. The van der Waals surface area contributed by atoms with Crippen LogP contribution in [0.3, 0.4) is 0 Å². The number of hydrogen-bond donors (Lipinski definition) is 1. The summed E-state index contributed by atoms with van der Waals surface area (Å²) in [6.07, 6.45) is 4.20. The van der Waals surface area contributed by atoms with Gasteiger partial charge in [0.2, 0.25) is 10.0 Å². The zero-order chi connectivity index (χ0) is 21.2. The quantitative estimate of drug-likeness (QED) is 0.682. The van der Waals surface area contributed by atoms with Gasteiger partial charge in [-0.1, -0.05) is 6.42 Å². The van der Waals surface area contributed by atoms with Crippen LogP contribution in [0.15, 0.2) is 11.0 Å². The third kappa shape index (κ3) is 4.32. The smallest absolute Gasteiger partial charge is 0.344 e. The monoisotopic (exact) mass is 427 g/mol. The second kappa shape index (κ2) is 8.19. The molecule has 1 spiro atoms. The van der Waals surface area contributed by atoms with Crippen LogP contribution in [0.5, 0.6) is 17.2 Å². The maximum absolute atomic E-state index is 13.0. The summed E-state index contributed by atoms with van der Waals surface area (Å²) in [6.45, 7) is 1.26. The molecule has 10 heteroatoms. The van der Waals surface area contributed by atoms with Crippen molar-refractivity contribution in [3.8, 4) is 17.2 Å². The highest BCUT2D eigenvalue weighted by Crippen LogP contribution is 2.50. The van der Waals surface area contributed by atoms with Crippen LogP contribution >= 0.6 is 0 Å². The van der Waals surface area contributed by atoms with E-state index in [1.54, 1.807) is 6.92 Å². The Labute approximate surface area is 169 Å². The van der Waals surface area contributed by atoms with Gasteiger partial charge in [-0.15, -0.1) is 0 Å². The van der Waals surface area contributed by atoms with Crippen LogP contribution in [-0.2, 0) is 19.6 Å². The van der Waals surface area contributed by atoms with E-state index in [0.29, 0.717) is 12.8 Å². The number of ether oxygens (including phenoxy) is 4.